The predicted octanol–water partition coefficient (Wildman–Crippen LogP) is 2.30. The van der Waals surface area contributed by atoms with Crippen LogP contribution in [-0.2, 0) is 19.3 Å². The maximum Gasteiger partial charge on any atom is 0.275 e. The van der Waals surface area contributed by atoms with Crippen molar-refractivity contribution in [1.29, 1.82) is 0 Å². The quantitative estimate of drug-likeness (QED) is 0.746. The van der Waals surface area contributed by atoms with Crippen LogP contribution in [-0.4, -0.2) is 53.6 Å². The van der Waals surface area contributed by atoms with Crippen molar-refractivity contribution in [1.82, 2.24) is 20.2 Å². The molecule has 1 saturated heterocycles. The summed E-state index contributed by atoms with van der Waals surface area (Å²) in [7, 11) is -4.32. The molecule has 2 heterocycles. The first-order valence-corrected chi connectivity index (χ1v) is 11.1. The van der Waals surface area contributed by atoms with E-state index in [4.69, 9.17) is 9.47 Å². The van der Waals surface area contributed by atoms with Crippen molar-refractivity contribution in [2.24, 2.45) is 11.8 Å². The van der Waals surface area contributed by atoms with Crippen LogP contribution in [0.4, 0.5) is 4.39 Å². The zero-order valence-corrected chi connectivity index (χ0v) is 16.2. The normalized spacial score (nSPS) is 25.5. The molecule has 0 radical (unpaired) electrons. The molecule has 1 aliphatic heterocycles. The van der Waals surface area contributed by atoms with Gasteiger partial charge in [-0.3, -0.25) is 0 Å². The number of tetrazole rings is 1. The molecule has 1 aliphatic carbocycles. The van der Waals surface area contributed by atoms with Gasteiger partial charge in [0.25, 0.3) is 5.16 Å². The monoisotopic (exact) mass is 410 g/mol. The summed E-state index contributed by atoms with van der Waals surface area (Å²) >= 11 is 0. The first kappa shape index (κ1) is 19.4. The molecule has 1 saturated carbocycles. The summed E-state index contributed by atoms with van der Waals surface area (Å²) in [5, 5.41) is 10.3. The minimum absolute atomic E-state index is 0.182. The van der Waals surface area contributed by atoms with Crippen LogP contribution in [0.1, 0.15) is 32.1 Å². The Kier molecular flexibility index (Phi) is 5.70. The first-order valence-electron chi connectivity index (χ1n) is 9.52. The highest BCUT2D eigenvalue weighted by molar-refractivity contribution is 7.91. The molecule has 0 amide bonds. The number of halogens is 1. The summed E-state index contributed by atoms with van der Waals surface area (Å²) in [6.45, 7) is 1.35. The van der Waals surface area contributed by atoms with Crippen molar-refractivity contribution < 1.29 is 22.3 Å². The van der Waals surface area contributed by atoms with Gasteiger partial charge in [0.15, 0.2) is 6.29 Å². The molecule has 28 heavy (non-hydrogen) atoms. The van der Waals surface area contributed by atoms with E-state index >= 15 is 4.39 Å². The van der Waals surface area contributed by atoms with Crippen LogP contribution < -0.4 is 0 Å². The number of ether oxygens (including phenoxy) is 2. The van der Waals surface area contributed by atoms with Gasteiger partial charge in [-0.2, -0.15) is 4.68 Å². The third kappa shape index (κ3) is 3.81. The maximum atomic E-state index is 15.1. The van der Waals surface area contributed by atoms with Gasteiger partial charge in [-0.25, -0.2) is 12.8 Å². The Hall–Kier alpha value is -1.91. The molecular weight excluding hydrogens is 387 g/mol. The lowest BCUT2D eigenvalue weighted by Gasteiger charge is -2.35. The summed E-state index contributed by atoms with van der Waals surface area (Å²) in [6.07, 6.45) is 2.90. The summed E-state index contributed by atoms with van der Waals surface area (Å²) in [6, 6.07) is 8.59. The standard InChI is InChI=1S/C18H23FN4O4S/c19-16(13-7-9-14(10-8-13)17-26-11-4-12-27-17)28(24,25)18-20-21-22-23(18)15-5-2-1-3-6-15/h1-3,5-6,13-14,16-17H,4,7-12H2. The molecule has 0 N–H and O–H groups in total. The molecule has 0 spiro atoms. The Morgan fingerprint density at radius 2 is 1.75 bits per heavy atom. The largest absolute Gasteiger partial charge is 0.352 e. The molecule has 4 rings (SSSR count). The van der Waals surface area contributed by atoms with E-state index in [9.17, 15) is 8.42 Å². The van der Waals surface area contributed by atoms with E-state index < -0.39 is 26.4 Å². The molecule has 1 atom stereocenters. The number of rotatable bonds is 5. The average molecular weight is 410 g/mol. The van der Waals surface area contributed by atoms with E-state index in [1.807, 2.05) is 0 Å². The zero-order chi connectivity index (χ0) is 19.6. The highest BCUT2D eigenvalue weighted by atomic mass is 32.2. The average Bonchev–Trinajstić information content (AvgIpc) is 3.25. The number of alkyl halides is 1. The van der Waals surface area contributed by atoms with Gasteiger partial charge in [-0.1, -0.05) is 23.3 Å². The van der Waals surface area contributed by atoms with Crippen molar-refractivity contribution in [3.8, 4) is 5.69 Å². The van der Waals surface area contributed by atoms with Crippen molar-refractivity contribution in [2.45, 2.75) is 49.1 Å². The lowest BCUT2D eigenvalue weighted by atomic mass is 9.82. The minimum atomic E-state index is -4.32. The van der Waals surface area contributed by atoms with E-state index in [-0.39, 0.29) is 12.2 Å². The van der Waals surface area contributed by atoms with Crippen LogP contribution >= 0.6 is 0 Å². The number of aromatic nitrogens is 4. The Morgan fingerprint density at radius 1 is 1.07 bits per heavy atom. The molecule has 1 unspecified atom stereocenters. The molecule has 2 aliphatic rings. The molecule has 8 nitrogen and oxygen atoms in total. The third-order valence-electron chi connectivity index (χ3n) is 5.42. The smallest absolute Gasteiger partial charge is 0.275 e. The second-order valence-corrected chi connectivity index (χ2v) is 9.15. The number of hydrogen-bond donors (Lipinski definition) is 0. The van der Waals surface area contributed by atoms with Crippen LogP contribution in [0.2, 0.25) is 0 Å². The van der Waals surface area contributed by atoms with Gasteiger partial charge >= 0.3 is 0 Å². The summed E-state index contributed by atoms with van der Waals surface area (Å²) in [5.74, 6) is -0.410. The highest BCUT2D eigenvalue weighted by Gasteiger charge is 2.42. The summed E-state index contributed by atoms with van der Waals surface area (Å²) < 4.78 is 53.2. The molecular formula is C18H23FN4O4S. The van der Waals surface area contributed by atoms with Crippen LogP contribution in [0.15, 0.2) is 35.5 Å². The second kappa shape index (κ2) is 8.22. The predicted molar refractivity (Wildman–Crippen MR) is 97.0 cm³/mol. The lowest BCUT2D eigenvalue weighted by Crippen LogP contribution is -2.37. The number of para-hydroxylation sites is 1. The fraction of sp³-hybridized carbons (Fsp3) is 0.611. The van der Waals surface area contributed by atoms with Crippen LogP contribution in [0, 0.1) is 11.8 Å². The second-order valence-electron chi connectivity index (χ2n) is 7.24. The van der Waals surface area contributed by atoms with Gasteiger partial charge < -0.3 is 9.47 Å². The molecule has 10 heteroatoms. The van der Waals surface area contributed by atoms with Gasteiger partial charge in [0.1, 0.15) is 0 Å². The van der Waals surface area contributed by atoms with Crippen molar-refractivity contribution >= 4 is 9.84 Å². The maximum absolute atomic E-state index is 15.1. The van der Waals surface area contributed by atoms with Crippen molar-refractivity contribution in [3.05, 3.63) is 30.3 Å². The Morgan fingerprint density at radius 3 is 2.43 bits per heavy atom. The van der Waals surface area contributed by atoms with E-state index in [0.717, 1.165) is 11.1 Å². The van der Waals surface area contributed by atoms with Gasteiger partial charge in [-0.15, -0.1) is 0 Å². The van der Waals surface area contributed by atoms with Crippen molar-refractivity contribution in [3.63, 3.8) is 0 Å². The molecule has 2 fully saturated rings. The van der Waals surface area contributed by atoms with Gasteiger partial charge in [0.05, 0.1) is 18.9 Å². The number of sulfone groups is 1. The zero-order valence-electron chi connectivity index (χ0n) is 15.4. The molecule has 0 bridgehead atoms. The van der Waals surface area contributed by atoms with E-state index in [2.05, 4.69) is 15.5 Å². The Balaban J connectivity index is 1.46. The molecule has 152 valence electrons. The number of benzene rings is 1. The Bertz CT molecular complexity index is 878. The lowest BCUT2D eigenvalue weighted by molar-refractivity contribution is -0.210. The molecule has 2 aromatic rings. The fourth-order valence-electron chi connectivity index (χ4n) is 3.90. The van der Waals surface area contributed by atoms with E-state index in [1.165, 1.54) is 0 Å². The molecule has 1 aromatic heterocycles. The van der Waals surface area contributed by atoms with E-state index in [0.29, 0.717) is 44.6 Å². The SMILES string of the molecule is O=S(=O)(c1nnnn1-c1ccccc1)C(F)C1CCC(C2OCCCO2)CC1. The minimum Gasteiger partial charge on any atom is -0.352 e. The topological polar surface area (TPSA) is 96.2 Å². The van der Waals surface area contributed by atoms with Gasteiger partial charge in [0.2, 0.25) is 15.3 Å². The van der Waals surface area contributed by atoms with Crippen LogP contribution in [0.25, 0.3) is 5.69 Å². The van der Waals surface area contributed by atoms with Gasteiger partial charge in [0, 0.05) is 11.8 Å². The van der Waals surface area contributed by atoms with Gasteiger partial charge in [-0.05, 0) is 54.7 Å². The van der Waals surface area contributed by atoms with Crippen molar-refractivity contribution in [2.75, 3.05) is 13.2 Å². The first-order chi connectivity index (χ1) is 13.6. The number of hydrogen-bond acceptors (Lipinski definition) is 7. The Labute approximate surface area is 162 Å². The third-order valence-corrected chi connectivity index (χ3v) is 7.16. The summed E-state index contributed by atoms with van der Waals surface area (Å²) in [4.78, 5) is 0. The van der Waals surface area contributed by atoms with Crippen LogP contribution in [0.5, 0.6) is 0 Å². The highest BCUT2D eigenvalue weighted by Crippen LogP contribution is 2.38. The molecule has 1 aromatic carbocycles. The van der Waals surface area contributed by atoms with E-state index in [1.54, 1.807) is 30.3 Å². The number of nitrogens with zero attached hydrogens (tertiary/aromatic N) is 4. The fourth-order valence-corrected chi connectivity index (χ4v) is 5.41. The summed E-state index contributed by atoms with van der Waals surface area (Å²) in [5.41, 5.74) is -1.58. The van der Waals surface area contributed by atoms with Crippen LogP contribution in [0.3, 0.4) is 0 Å².